The van der Waals surface area contributed by atoms with Crippen molar-refractivity contribution in [2.75, 3.05) is 49.6 Å². The van der Waals surface area contributed by atoms with Crippen LogP contribution in [0.5, 0.6) is 0 Å². The average molecular weight is 477 g/mol. The Morgan fingerprint density at radius 2 is 1.85 bits per heavy atom. The minimum atomic E-state index is -0.439. The van der Waals surface area contributed by atoms with Crippen LogP contribution in [0, 0.1) is 0 Å². The monoisotopic (exact) mass is 476 g/mol. The molecular formula is C25H42N5O4+. The molecule has 2 heterocycles. The SMILES string of the molecule is CCC[N+]1(CCC)CC(N)NCC1c1ccc2c(c1)N(C(=O)OC(C)C)CC(C)N2C(=O)OC. The molecule has 3 rings (SSSR count). The van der Waals surface area contributed by atoms with Gasteiger partial charge in [0.15, 0.2) is 0 Å². The number of anilines is 2. The lowest BCUT2D eigenvalue weighted by molar-refractivity contribution is -0.961. The van der Waals surface area contributed by atoms with Gasteiger partial charge in [-0.2, -0.15) is 0 Å². The summed E-state index contributed by atoms with van der Waals surface area (Å²) in [5, 5.41) is 3.46. The van der Waals surface area contributed by atoms with Crippen molar-refractivity contribution in [1.82, 2.24) is 5.32 Å². The number of ether oxygens (including phenoxy) is 2. The first-order valence-corrected chi connectivity index (χ1v) is 12.5. The summed E-state index contributed by atoms with van der Waals surface area (Å²) in [5.41, 5.74) is 8.81. The third-order valence-corrected chi connectivity index (χ3v) is 6.88. The number of hydrogen-bond donors (Lipinski definition) is 2. The number of nitrogens with two attached hydrogens (primary N) is 1. The Morgan fingerprint density at radius 1 is 1.18 bits per heavy atom. The minimum absolute atomic E-state index is 0.0415. The van der Waals surface area contributed by atoms with Crippen LogP contribution in [0.25, 0.3) is 0 Å². The number of quaternary nitrogens is 1. The highest BCUT2D eigenvalue weighted by Crippen LogP contribution is 2.41. The van der Waals surface area contributed by atoms with E-state index >= 15 is 0 Å². The van der Waals surface area contributed by atoms with Crippen LogP contribution in [0.1, 0.15) is 59.1 Å². The van der Waals surface area contributed by atoms with Gasteiger partial charge in [0.05, 0.1) is 56.8 Å². The molecule has 34 heavy (non-hydrogen) atoms. The largest absolute Gasteiger partial charge is 0.452 e. The topological polar surface area (TPSA) is 97.1 Å². The molecule has 1 fully saturated rings. The van der Waals surface area contributed by atoms with Gasteiger partial charge in [-0.1, -0.05) is 19.9 Å². The van der Waals surface area contributed by atoms with Crippen LogP contribution < -0.4 is 20.9 Å². The zero-order valence-corrected chi connectivity index (χ0v) is 21.5. The number of carbonyl (C=O) groups excluding carboxylic acids is 2. The summed E-state index contributed by atoms with van der Waals surface area (Å²) in [7, 11) is 1.38. The Bertz CT molecular complexity index is 871. The van der Waals surface area contributed by atoms with Gasteiger partial charge in [0, 0.05) is 5.56 Å². The van der Waals surface area contributed by atoms with Gasteiger partial charge in [0.25, 0.3) is 0 Å². The van der Waals surface area contributed by atoms with E-state index in [4.69, 9.17) is 15.2 Å². The predicted molar refractivity (Wildman–Crippen MR) is 134 cm³/mol. The highest BCUT2D eigenvalue weighted by molar-refractivity contribution is 6.00. The summed E-state index contributed by atoms with van der Waals surface area (Å²) in [4.78, 5) is 29.0. The van der Waals surface area contributed by atoms with Gasteiger partial charge < -0.3 is 19.7 Å². The number of methoxy groups -OCH3 is 1. The first-order chi connectivity index (χ1) is 16.2. The summed E-state index contributed by atoms with van der Waals surface area (Å²) in [6.45, 7) is 14.0. The fraction of sp³-hybridized carbons (Fsp3) is 0.680. The number of rotatable bonds is 6. The van der Waals surface area contributed by atoms with Crippen LogP contribution >= 0.6 is 0 Å². The third kappa shape index (κ3) is 5.16. The molecule has 3 unspecified atom stereocenters. The number of amides is 2. The number of benzene rings is 1. The molecule has 1 aromatic rings. The Labute approximate surface area is 203 Å². The second kappa shape index (κ2) is 10.9. The van der Waals surface area contributed by atoms with E-state index in [1.165, 1.54) is 7.11 Å². The second-order valence-electron chi connectivity index (χ2n) is 9.86. The number of hydrogen-bond acceptors (Lipinski definition) is 6. The molecule has 1 saturated heterocycles. The van der Waals surface area contributed by atoms with Gasteiger partial charge in [-0.25, -0.2) is 9.59 Å². The second-order valence-corrected chi connectivity index (χ2v) is 9.86. The van der Waals surface area contributed by atoms with Crippen molar-refractivity contribution < 1.29 is 23.5 Å². The Hall–Kier alpha value is -2.36. The Kier molecular flexibility index (Phi) is 8.43. The zero-order valence-electron chi connectivity index (χ0n) is 21.5. The van der Waals surface area contributed by atoms with Crippen molar-refractivity contribution in [3.8, 4) is 0 Å². The molecule has 0 spiro atoms. The lowest BCUT2D eigenvalue weighted by Gasteiger charge is -2.50. The summed E-state index contributed by atoms with van der Waals surface area (Å²) >= 11 is 0. The van der Waals surface area contributed by atoms with Crippen LogP contribution in [-0.2, 0) is 9.47 Å². The molecule has 2 amide bonds. The first kappa shape index (κ1) is 26.2. The van der Waals surface area contributed by atoms with E-state index in [2.05, 4.69) is 31.3 Å². The van der Waals surface area contributed by atoms with E-state index < -0.39 is 12.2 Å². The van der Waals surface area contributed by atoms with E-state index in [9.17, 15) is 9.59 Å². The van der Waals surface area contributed by atoms with Gasteiger partial charge in [0.2, 0.25) is 0 Å². The summed E-state index contributed by atoms with van der Waals surface area (Å²) in [5.74, 6) is 0. The van der Waals surface area contributed by atoms with E-state index in [-0.39, 0.29) is 24.4 Å². The van der Waals surface area contributed by atoms with Crippen molar-refractivity contribution >= 4 is 23.6 Å². The van der Waals surface area contributed by atoms with Gasteiger partial charge >= 0.3 is 12.2 Å². The maximum atomic E-state index is 13.1. The van der Waals surface area contributed by atoms with Gasteiger partial charge in [0.1, 0.15) is 18.8 Å². The van der Waals surface area contributed by atoms with Crippen molar-refractivity contribution in [3.05, 3.63) is 23.8 Å². The number of nitrogens with one attached hydrogen (secondary N) is 1. The molecule has 9 heteroatoms. The number of nitrogens with zero attached hydrogens (tertiary/aromatic N) is 3. The highest BCUT2D eigenvalue weighted by atomic mass is 16.6. The molecule has 2 aliphatic heterocycles. The fourth-order valence-electron chi connectivity index (χ4n) is 5.64. The molecular weight excluding hydrogens is 434 g/mol. The smallest absolute Gasteiger partial charge is 0.414 e. The number of fused-ring (bicyclic) bond motifs is 1. The molecule has 0 radical (unpaired) electrons. The van der Waals surface area contributed by atoms with Gasteiger partial charge in [-0.3, -0.25) is 15.1 Å². The van der Waals surface area contributed by atoms with Crippen LogP contribution in [0.15, 0.2) is 18.2 Å². The predicted octanol–water partition coefficient (Wildman–Crippen LogP) is 3.58. The lowest BCUT2D eigenvalue weighted by Crippen LogP contribution is -2.66. The molecule has 2 aliphatic rings. The minimum Gasteiger partial charge on any atom is -0.452 e. The highest BCUT2D eigenvalue weighted by Gasteiger charge is 2.43. The molecule has 9 nitrogen and oxygen atoms in total. The molecule has 0 aliphatic carbocycles. The quantitative estimate of drug-likeness (QED) is 0.609. The standard InChI is InChI=1S/C25H42N5O4/c1-7-11-30(12-8-2)16-23(26)27-14-22(30)19-9-10-20-21(13-19)28(24(31)34-17(3)4)15-18(5)29(20)25(32)33-6/h9-10,13,17-18,22-23,27H,7-8,11-12,14-16,26H2,1-6H3/q+1. The van der Waals surface area contributed by atoms with E-state index in [0.29, 0.717) is 17.9 Å². The van der Waals surface area contributed by atoms with E-state index in [0.717, 1.165) is 49.1 Å². The normalized spacial score (nSPS) is 24.1. The summed E-state index contributed by atoms with van der Waals surface area (Å²) in [6, 6.07) is 6.02. The fourth-order valence-corrected chi connectivity index (χ4v) is 5.64. The van der Waals surface area contributed by atoms with E-state index in [1.807, 2.05) is 26.8 Å². The number of piperazine rings is 1. The lowest BCUT2D eigenvalue weighted by atomic mass is 9.95. The van der Waals surface area contributed by atoms with Crippen molar-refractivity contribution in [2.24, 2.45) is 5.73 Å². The van der Waals surface area contributed by atoms with Crippen molar-refractivity contribution in [1.29, 1.82) is 0 Å². The Morgan fingerprint density at radius 3 is 2.44 bits per heavy atom. The molecule has 3 N–H and O–H groups in total. The van der Waals surface area contributed by atoms with Crippen molar-refractivity contribution in [2.45, 2.75) is 71.8 Å². The molecule has 1 aromatic carbocycles. The maximum absolute atomic E-state index is 13.1. The molecule has 0 saturated carbocycles. The molecule has 0 bridgehead atoms. The maximum Gasteiger partial charge on any atom is 0.414 e. The van der Waals surface area contributed by atoms with Crippen LogP contribution in [0.2, 0.25) is 0 Å². The molecule has 0 aromatic heterocycles. The van der Waals surface area contributed by atoms with Gasteiger partial charge in [-0.05, 0) is 45.7 Å². The molecule has 190 valence electrons. The van der Waals surface area contributed by atoms with Crippen LogP contribution in [0.3, 0.4) is 0 Å². The Balaban J connectivity index is 2.11. The summed E-state index contributed by atoms with van der Waals surface area (Å²) in [6.07, 6.45) is 1.00. The zero-order chi connectivity index (χ0) is 25.0. The third-order valence-electron chi connectivity index (χ3n) is 6.88. The average Bonchev–Trinajstić information content (AvgIpc) is 2.78. The number of carbonyl (C=O) groups is 2. The van der Waals surface area contributed by atoms with E-state index in [1.54, 1.807) is 9.80 Å². The first-order valence-electron chi connectivity index (χ1n) is 12.5. The summed E-state index contributed by atoms with van der Waals surface area (Å²) < 4.78 is 11.5. The molecule has 3 atom stereocenters. The van der Waals surface area contributed by atoms with Crippen LogP contribution in [-0.4, -0.2) is 74.8 Å². The van der Waals surface area contributed by atoms with Crippen molar-refractivity contribution in [3.63, 3.8) is 0 Å². The van der Waals surface area contributed by atoms with Crippen LogP contribution in [0.4, 0.5) is 21.0 Å². The van der Waals surface area contributed by atoms with Gasteiger partial charge in [-0.15, -0.1) is 0 Å².